The van der Waals surface area contributed by atoms with Crippen LogP contribution < -0.4 is 0 Å². The minimum Gasteiger partial charge on any atom is -0.281 e. The van der Waals surface area contributed by atoms with Crippen molar-refractivity contribution in [1.29, 1.82) is 0 Å². The van der Waals surface area contributed by atoms with Gasteiger partial charge in [-0.05, 0) is 43.7 Å². The fraction of sp³-hybridized carbons (Fsp3) is 0.667. The number of carbonyl (C=O) groups is 1. The van der Waals surface area contributed by atoms with Crippen molar-refractivity contribution >= 4 is 16.8 Å². The van der Waals surface area contributed by atoms with Crippen molar-refractivity contribution in [3.05, 3.63) is 11.6 Å². The van der Waals surface area contributed by atoms with Gasteiger partial charge in [0.15, 0.2) is 0 Å². The third-order valence-electron chi connectivity index (χ3n) is 2.03. The molecule has 0 N–H and O–H groups in total. The van der Waals surface area contributed by atoms with E-state index in [1.807, 2.05) is 0 Å². The van der Waals surface area contributed by atoms with Crippen LogP contribution in [0.3, 0.4) is 0 Å². The van der Waals surface area contributed by atoms with Crippen LogP contribution in [0.15, 0.2) is 11.6 Å². The summed E-state index contributed by atoms with van der Waals surface area (Å²) >= 11 is 5.23. The average molecular weight is 173 g/mol. The van der Waals surface area contributed by atoms with Gasteiger partial charge in [0.05, 0.1) is 0 Å². The molecule has 0 radical (unpaired) electrons. The van der Waals surface area contributed by atoms with Gasteiger partial charge in [0, 0.05) is 6.42 Å². The summed E-state index contributed by atoms with van der Waals surface area (Å²) in [5, 5.41) is -0.212. The van der Waals surface area contributed by atoms with E-state index in [1.165, 1.54) is 31.3 Å². The maximum Gasteiger partial charge on any atom is 0.221 e. The second-order valence-corrected chi connectivity index (χ2v) is 3.38. The van der Waals surface area contributed by atoms with Crippen LogP contribution in [0.4, 0.5) is 0 Å². The molecule has 1 aliphatic carbocycles. The Hall–Kier alpha value is -0.300. The van der Waals surface area contributed by atoms with Gasteiger partial charge >= 0.3 is 0 Å². The van der Waals surface area contributed by atoms with Gasteiger partial charge in [-0.3, -0.25) is 4.79 Å². The molecular formula is C9H13ClO. The molecule has 0 amide bonds. The quantitative estimate of drug-likeness (QED) is 0.473. The van der Waals surface area contributed by atoms with Crippen molar-refractivity contribution in [3.63, 3.8) is 0 Å². The van der Waals surface area contributed by atoms with Crippen LogP contribution in [0, 0.1) is 0 Å². The summed E-state index contributed by atoms with van der Waals surface area (Å²) in [4.78, 5) is 10.4. The second-order valence-electron chi connectivity index (χ2n) is 2.96. The highest BCUT2D eigenvalue weighted by atomic mass is 35.5. The van der Waals surface area contributed by atoms with E-state index in [2.05, 4.69) is 6.08 Å². The first-order valence-electron chi connectivity index (χ1n) is 4.15. The maximum atomic E-state index is 10.4. The molecule has 1 aliphatic rings. The van der Waals surface area contributed by atoms with Crippen LogP contribution in [0.1, 0.15) is 38.5 Å². The largest absolute Gasteiger partial charge is 0.281 e. The highest BCUT2D eigenvalue weighted by Gasteiger charge is 2.04. The van der Waals surface area contributed by atoms with Gasteiger partial charge in [-0.2, -0.15) is 0 Å². The lowest BCUT2D eigenvalue weighted by Gasteiger charge is -2.10. The Kier molecular flexibility index (Phi) is 3.64. The molecule has 1 rings (SSSR count). The van der Waals surface area contributed by atoms with Crippen molar-refractivity contribution in [2.45, 2.75) is 38.5 Å². The smallest absolute Gasteiger partial charge is 0.221 e. The normalized spacial score (nSPS) is 17.7. The number of halogens is 1. The Morgan fingerprint density at radius 2 is 2.36 bits per heavy atom. The second kappa shape index (κ2) is 4.55. The fourth-order valence-corrected chi connectivity index (χ4v) is 1.49. The number of carbonyl (C=O) groups excluding carboxylic acids is 1. The zero-order valence-electron chi connectivity index (χ0n) is 6.61. The van der Waals surface area contributed by atoms with Crippen LogP contribution in [-0.2, 0) is 4.79 Å². The van der Waals surface area contributed by atoms with E-state index in [1.54, 1.807) is 0 Å². The average Bonchev–Trinajstić information content (AvgIpc) is 2.03. The van der Waals surface area contributed by atoms with Gasteiger partial charge in [0.2, 0.25) is 5.24 Å². The van der Waals surface area contributed by atoms with Gasteiger partial charge in [0.1, 0.15) is 0 Å². The monoisotopic (exact) mass is 172 g/mol. The van der Waals surface area contributed by atoms with Gasteiger partial charge in [-0.15, -0.1) is 0 Å². The Labute approximate surface area is 72.4 Å². The van der Waals surface area contributed by atoms with E-state index in [-0.39, 0.29) is 5.24 Å². The van der Waals surface area contributed by atoms with E-state index in [0.29, 0.717) is 6.42 Å². The van der Waals surface area contributed by atoms with Crippen LogP contribution in [0.5, 0.6) is 0 Å². The van der Waals surface area contributed by atoms with E-state index < -0.39 is 0 Å². The summed E-state index contributed by atoms with van der Waals surface area (Å²) in [6.45, 7) is 0. The number of rotatable bonds is 3. The SMILES string of the molecule is O=C(Cl)CCC1=CCCCC1. The molecule has 0 bridgehead atoms. The summed E-state index contributed by atoms with van der Waals surface area (Å²) in [6.07, 6.45) is 8.58. The van der Waals surface area contributed by atoms with Gasteiger partial charge in [-0.1, -0.05) is 11.6 Å². The number of allylic oxidation sites excluding steroid dienone is 2. The van der Waals surface area contributed by atoms with Crippen LogP contribution in [-0.4, -0.2) is 5.24 Å². The molecule has 0 saturated carbocycles. The fourth-order valence-electron chi connectivity index (χ4n) is 1.39. The summed E-state index contributed by atoms with van der Waals surface area (Å²) in [5.41, 5.74) is 1.42. The first-order chi connectivity index (χ1) is 5.29. The van der Waals surface area contributed by atoms with Crippen molar-refractivity contribution in [2.24, 2.45) is 0 Å². The van der Waals surface area contributed by atoms with E-state index in [4.69, 9.17) is 11.6 Å². The van der Waals surface area contributed by atoms with Crippen LogP contribution >= 0.6 is 11.6 Å². The molecule has 0 aliphatic heterocycles. The lowest BCUT2D eigenvalue weighted by Crippen LogP contribution is -1.94. The lowest BCUT2D eigenvalue weighted by atomic mass is 9.96. The molecule has 62 valence electrons. The Morgan fingerprint density at radius 3 is 2.91 bits per heavy atom. The molecule has 0 fully saturated rings. The van der Waals surface area contributed by atoms with E-state index >= 15 is 0 Å². The summed E-state index contributed by atoms with van der Waals surface area (Å²) in [6, 6.07) is 0. The molecule has 0 heterocycles. The first kappa shape index (κ1) is 8.79. The van der Waals surface area contributed by atoms with E-state index in [9.17, 15) is 4.79 Å². The molecule has 0 spiro atoms. The molecular weight excluding hydrogens is 160 g/mol. The zero-order chi connectivity index (χ0) is 8.10. The predicted molar refractivity (Wildman–Crippen MR) is 46.6 cm³/mol. The van der Waals surface area contributed by atoms with Crippen LogP contribution in [0.25, 0.3) is 0 Å². The van der Waals surface area contributed by atoms with Crippen molar-refractivity contribution in [1.82, 2.24) is 0 Å². The lowest BCUT2D eigenvalue weighted by molar-refractivity contribution is -0.111. The maximum absolute atomic E-state index is 10.4. The molecule has 0 unspecified atom stereocenters. The molecule has 11 heavy (non-hydrogen) atoms. The summed E-state index contributed by atoms with van der Waals surface area (Å²) in [7, 11) is 0. The van der Waals surface area contributed by atoms with Gasteiger partial charge in [0.25, 0.3) is 0 Å². The molecule has 0 aromatic rings. The van der Waals surface area contributed by atoms with Crippen LogP contribution in [0.2, 0.25) is 0 Å². The standard InChI is InChI=1S/C9H13ClO/c10-9(11)7-6-8-4-2-1-3-5-8/h4H,1-3,5-7H2. The predicted octanol–water partition coefficient (Wildman–Crippen LogP) is 3.03. The summed E-state index contributed by atoms with van der Waals surface area (Å²) in [5.74, 6) is 0. The summed E-state index contributed by atoms with van der Waals surface area (Å²) < 4.78 is 0. The minimum atomic E-state index is -0.212. The van der Waals surface area contributed by atoms with Crippen molar-refractivity contribution in [3.8, 4) is 0 Å². The van der Waals surface area contributed by atoms with Crippen molar-refractivity contribution in [2.75, 3.05) is 0 Å². The number of hydrogen-bond donors (Lipinski definition) is 0. The van der Waals surface area contributed by atoms with E-state index in [0.717, 1.165) is 6.42 Å². The molecule has 2 heteroatoms. The molecule has 1 nitrogen and oxygen atoms in total. The Morgan fingerprint density at radius 1 is 1.55 bits per heavy atom. The first-order valence-corrected chi connectivity index (χ1v) is 4.53. The molecule has 0 aromatic heterocycles. The third-order valence-corrected chi connectivity index (χ3v) is 2.22. The topological polar surface area (TPSA) is 17.1 Å². The molecule has 0 atom stereocenters. The highest BCUT2D eigenvalue weighted by Crippen LogP contribution is 2.21. The highest BCUT2D eigenvalue weighted by molar-refractivity contribution is 6.63. The zero-order valence-corrected chi connectivity index (χ0v) is 7.36. The Bertz CT molecular complexity index is 172. The van der Waals surface area contributed by atoms with Gasteiger partial charge < -0.3 is 0 Å². The van der Waals surface area contributed by atoms with Gasteiger partial charge in [-0.25, -0.2) is 0 Å². The molecule has 0 aromatic carbocycles. The van der Waals surface area contributed by atoms with Crippen molar-refractivity contribution < 1.29 is 4.79 Å². The number of hydrogen-bond acceptors (Lipinski definition) is 1. The minimum absolute atomic E-state index is 0.212. The molecule has 0 saturated heterocycles. The third kappa shape index (κ3) is 3.57. The Balaban J connectivity index is 2.24.